The lowest BCUT2D eigenvalue weighted by molar-refractivity contribution is -0.144. The van der Waals surface area contributed by atoms with E-state index in [1.807, 2.05) is 30.3 Å². The van der Waals surface area contributed by atoms with Crippen LogP contribution in [0.25, 0.3) is 4.85 Å². The van der Waals surface area contributed by atoms with Gasteiger partial charge in [-0.3, -0.25) is 4.79 Å². The zero-order chi connectivity index (χ0) is 10.2. The van der Waals surface area contributed by atoms with Gasteiger partial charge in [-0.25, -0.2) is 6.57 Å². The number of carbonyl (C=O) groups is 1. The summed E-state index contributed by atoms with van der Waals surface area (Å²) < 4.78 is 4.95. The van der Waals surface area contributed by atoms with Crippen LogP contribution in [0.5, 0.6) is 0 Å². The molecule has 0 bridgehead atoms. The van der Waals surface area contributed by atoms with E-state index in [0.717, 1.165) is 5.56 Å². The van der Waals surface area contributed by atoms with Crippen molar-refractivity contribution in [3.8, 4) is 0 Å². The first-order valence-electron chi connectivity index (χ1n) is 4.35. The van der Waals surface area contributed by atoms with E-state index in [0.29, 0.717) is 0 Å². The highest BCUT2D eigenvalue weighted by Crippen LogP contribution is 2.01. The van der Waals surface area contributed by atoms with Crippen LogP contribution in [0.3, 0.4) is 0 Å². The van der Waals surface area contributed by atoms with Crippen LogP contribution in [-0.4, -0.2) is 12.5 Å². The number of hydrogen-bond donors (Lipinski definition) is 0. The fourth-order valence-corrected chi connectivity index (χ4v) is 0.957. The number of esters is 1. The van der Waals surface area contributed by atoms with Crippen molar-refractivity contribution in [1.29, 1.82) is 0 Å². The highest BCUT2D eigenvalue weighted by molar-refractivity contribution is 5.69. The number of ether oxygens (including phenoxy) is 1. The second-order valence-corrected chi connectivity index (χ2v) is 2.78. The average molecular weight is 189 g/mol. The molecule has 3 heteroatoms. The third-order valence-electron chi connectivity index (χ3n) is 1.67. The van der Waals surface area contributed by atoms with Gasteiger partial charge in [-0.1, -0.05) is 30.3 Å². The summed E-state index contributed by atoms with van der Waals surface area (Å²) in [5, 5.41) is 0. The van der Waals surface area contributed by atoms with Crippen LogP contribution in [0.1, 0.15) is 12.0 Å². The van der Waals surface area contributed by atoms with Gasteiger partial charge in [0.05, 0.1) is 0 Å². The van der Waals surface area contributed by atoms with Gasteiger partial charge in [0.15, 0.2) is 0 Å². The van der Waals surface area contributed by atoms with E-state index < -0.39 is 0 Å². The average Bonchev–Trinajstić information content (AvgIpc) is 2.25. The molecule has 1 aromatic rings. The molecule has 14 heavy (non-hydrogen) atoms. The molecule has 0 atom stereocenters. The Bertz CT molecular complexity index is 327. The Morgan fingerprint density at radius 3 is 2.71 bits per heavy atom. The number of nitrogens with zero attached hydrogens (tertiary/aromatic N) is 1. The van der Waals surface area contributed by atoms with Gasteiger partial charge in [-0.15, -0.1) is 0 Å². The Labute approximate surface area is 83.1 Å². The van der Waals surface area contributed by atoms with Crippen LogP contribution in [0.15, 0.2) is 30.3 Å². The van der Waals surface area contributed by atoms with Gasteiger partial charge in [0.25, 0.3) is 0 Å². The van der Waals surface area contributed by atoms with Crippen molar-refractivity contribution in [2.45, 2.75) is 13.0 Å². The molecule has 1 rings (SSSR count). The van der Waals surface area contributed by atoms with Crippen LogP contribution in [0.4, 0.5) is 0 Å². The molecular weight excluding hydrogens is 178 g/mol. The van der Waals surface area contributed by atoms with Crippen molar-refractivity contribution in [3.63, 3.8) is 0 Å². The minimum absolute atomic E-state index is 0.177. The molecule has 3 nitrogen and oxygen atoms in total. The standard InChI is InChI=1S/C11H11NO2/c1-12-8-7-11(13)14-9-10-5-3-2-4-6-10/h2-6H,7-9H2. The Morgan fingerprint density at radius 2 is 2.07 bits per heavy atom. The van der Waals surface area contributed by atoms with Gasteiger partial charge in [-0.2, -0.15) is 0 Å². The first-order valence-corrected chi connectivity index (χ1v) is 4.35. The van der Waals surface area contributed by atoms with Crippen molar-refractivity contribution in [3.05, 3.63) is 47.3 Å². The minimum atomic E-state index is -0.315. The highest BCUT2D eigenvalue weighted by atomic mass is 16.5. The molecule has 0 amide bonds. The van der Waals surface area contributed by atoms with Gasteiger partial charge in [0.1, 0.15) is 13.0 Å². The maximum atomic E-state index is 11.0. The molecule has 0 aliphatic rings. The van der Waals surface area contributed by atoms with Crippen molar-refractivity contribution < 1.29 is 9.53 Å². The van der Waals surface area contributed by atoms with Crippen molar-refractivity contribution in [1.82, 2.24) is 0 Å². The Balaban J connectivity index is 2.28. The highest BCUT2D eigenvalue weighted by Gasteiger charge is 2.03. The third-order valence-corrected chi connectivity index (χ3v) is 1.67. The third kappa shape index (κ3) is 3.72. The zero-order valence-corrected chi connectivity index (χ0v) is 7.77. The Hall–Kier alpha value is -1.82. The number of hydrogen-bond acceptors (Lipinski definition) is 2. The summed E-state index contributed by atoms with van der Waals surface area (Å²) >= 11 is 0. The zero-order valence-electron chi connectivity index (χ0n) is 7.77. The van der Waals surface area contributed by atoms with Gasteiger partial charge < -0.3 is 9.58 Å². The maximum Gasteiger partial charge on any atom is 0.313 e. The van der Waals surface area contributed by atoms with E-state index in [-0.39, 0.29) is 25.5 Å². The second kappa shape index (κ2) is 5.76. The van der Waals surface area contributed by atoms with Crippen molar-refractivity contribution in [2.75, 3.05) is 6.54 Å². The van der Waals surface area contributed by atoms with E-state index in [1.54, 1.807) is 0 Å². The van der Waals surface area contributed by atoms with Crippen LogP contribution in [0.2, 0.25) is 0 Å². The molecule has 72 valence electrons. The summed E-state index contributed by atoms with van der Waals surface area (Å²) in [5.41, 5.74) is 0.962. The number of benzene rings is 1. The molecule has 0 saturated heterocycles. The monoisotopic (exact) mass is 189 g/mol. The molecule has 0 unspecified atom stereocenters. The Morgan fingerprint density at radius 1 is 1.36 bits per heavy atom. The summed E-state index contributed by atoms with van der Waals surface area (Å²) in [7, 11) is 0. The molecule has 0 N–H and O–H groups in total. The molecule has 0 aromatic heterocycles. The Kier molecular flexibility index (Phi) is 4.22. The van der Waals surface area contributed by atoms with E-state index in [4.69, 9.17) is 11.3 Å². The SMILES string of the molecule is [C-]#[N+]CCC(=O)OCc1ccccc1. The van der Waals surface area contributed by atoms with Gasteiger partial charge in [-0.05, 0) is 5.56 Å². The second-order valence-electron chi connectivity index (χ2n) is 2.78. The smallest absolute Gasteiger partial charge is 0.313 e. The van der Waals surface area contributed by atoms with Crippen molar-refractivity contribution >= 4 is 5.97 Å². The fraction of sp³-hybridized carbons (Fsp3) is 0.273. The largest absolute Gasteiger partial charge is 0.461 e. The van der Waals surface area contributed by atoms with E-state index in [2.05, 4.69) is 4.85 Å². The van der Waals surface area contributed by atoms with Gasteiger partial charge >= 0.3 is 5.97 Å². The summed E-state index contributed by atoms with van der Waals surface area (Å²) in [6, 6.07) is 9.47. The molecule has 0 spiro atoms. The van der Waals surface area contributed by atoms with Crippen LogP contribution < -0.4 is 0 Å². The summed E-state index contributed by atoms with van der Waals surface area (Å²) in [4.78, 5) is 14.1. The van der Waals surface area contributed by atoms with Crippen LogP contribution >= 0.6 is 0 Å². The van der Waals surface area contributed by atoms with Crippen molar-refractivity contribution in [2.24, 2.45) is 0 Å². The van der Waals surface area contributed by atoms with E-state index >= 15 is 0 Å². The summed E-state index contributed by atoms with van der Waals surface area (Å²) in [6.07, 6.45) is 0.177. The van der Waals surface area contributed by atoms with Crippen LogP contribution in [0, 0.1) is 6.57 Å². The quantitative estimate of drug-likeness (QED) is 0.536. The predicted octanol–water partition coefficient (Wildman–Crippen LogP) is 2.04. The minimum Gasteiger partial charge on any atom is -0.461 e. The molecule has 0 heterocycles. The lowest BCUT2D eigenvalue weighted by Crippen LogP contribution is -2.05. The molecular formula is C11H11NO2. The van der Waals surface area contributed by atoms with Crippen LogP contribution in [-0.2, 0) is 16.1 Å². The molecule has 0 aliphatic heterocycles. The molecule has 0 radical (unpaired) electrons. The molecule has 0 fully saturated rings. The fourth-order valence-electron chi connectivity index (χ4n) is 0.957. The topological polar surface area (TPSA) is 30.7 Å². The normalized spacial score (nSPS) is 9.07. The van der Waals surface area contributed by atoms with Gasteiger partial charge in [0.2, 0.25) is 6.54 Å². The molecule has 0 aliphatic carbocycles. The number of rotatable bonds is 4. The van der Waals surface area contributed by atoms with E-state index in [9.17, 15) is 4.79 Å². The lowest BCUT2D eigenvalue weighted by Gasteiger charge is -2.01. The number of carbonyl (C=O) groups excluding carboxylic acids is 1. The summed E-state index contributed by atoms with van der Waals surface area (Å²) in [5.74, 6) is -0.315. The van der Waals surface area contributed by atoms with E-state index in [1.165, 1.54) is 0 Å². The first kappa shape index (κ1) is 10.3. The molecule has 1 aromatic carbocycles. The van der Waals surface area contributed by atoms with Gasteiger partial charge in [0, 0.05) is 0 Å². The molecule has 0 saturated carbocycles. The first-order chi connectivity index (χ1) is 6.83. The summed E-state index contributed by atoms with van der Waals surface area (Å²) in [6.45, 7) is 7.00. The lowest BCUT2D eigenvalue weighted by atomic mass is 10.2. The predicted molar refractivity (Wildman–Crippen MR) is 52.3 cm³/mol. The maximum absolute atomic E-state index is 11.0.